The summed E-state index contributed by atoms with van der Waals surface area (Å²) in [5.74, 6) is -0.0168. The molecule has 2 aromatic rings. The van der Waals surface area contributed by atoms with Crippen molar-refractivity contribution in [3.63, 3.8) is 0 Å². The van der Waals surface area contributed by atoms with Gasteiger partial charge in [0, 0.05) is 18.8 Å². The van der Waals surface area contributed by atoms with E-state index in [0.717, 1.165) is 6.42 Å². The topological polar surface area (TPSA) is 110 Å². The number of ether oxygens (including phenoxy) is 1. The minimum absolute atomic E-state index is 0.148. The average molecular weight is 385 g/mol. The summed E-state index contributed by atoms with van der Waals surface area (Å²) in [7, 11) is 1.37. The number of hydrogen-bond donors (Lipinski definition) is 1. The summed E-state index contributed by atoms with van der Waals surface area (Å²) in [6.45, 7) is 3.04. The molecule has 0 radical (unpaired) electrons. The van der Waals surface area contributed by atoms with Gasteiger partial charge in [0.05, 0.1) is 18.0 Å². The average Bonchev–Trinajstić information content (AvgIpc) is 2.73. The predicted molar refractivity (Wildman–Crippen MR) is 105 cm³/mol. The van der Waals surface area contributed by atoms with Crippen molar-refractivity contribution in [2.75, 3.05) is 30.4 Å². The lowest BCUT2D eigenvalue weighted by molar-refractivity contribution is -0.383. The molecule has 1 aliphatic heterocycles. The number of nitrogens with zero attached hydrogens (tertiary/aromatic N) is 4. The molecule has 1 aromatic heterocycles. The maximum absolute atomic E-state index is 11.8. The van der Waals surface area contributed by atoms with Crippen LogP contribution in [-0.4, -0.2) is 41.1 Å². The number of benzene rings is 1. The minimum Gasteiger partial charge on any atom is -0.469 e. The first kappa shape index (κ1) is 19.5. The van der Waals surface area contributed by atoms with E-state index in [0.29, 0.717) is 31.6 Å². The number of aromatic nitrogens is 2. The Bertz CT molecular complexity index is 848. The Kier molecular flexibility index (Phi) is 6.03. The second-order valence-electron chi connectivity index (χ2n) is 6.61. The number of carbonyl (C=O) groups is 1. The summed E-state index contributed by atoms with van der Waals surface area (Å²) in [6, 6.07) is 7.67. The van der Waals surface area contributed by atoms with Crippen molar-refractivity contribution in [3.8, 4) is 0 Å². The van der Waals surface area contributed by atoms with Gasteiger partial charge in [-0.2, -0.15) is 0 Å². The lowest BCUT2D eigenvalue weighted by Crippen LogP contribution is -2.37. The molecule has 0 unspecified atom stereocenters. The molecule has 0 amide bonds. The molecule has 0 atom stereocenters. The van der Waals surface area contributed by atoms with Gasteiger partial charge in [-0.15, -0.1) is 0 Å². The lowest BCUT2D eigenvalue weighted by Gasteiger charge is -2.31. The Balaban J connectivity index is 1.83. The molecule has 0 spiro atoms. The molecule has 3 rings (SSSR count). The molecule has 0 saturated carbocycles. The predicted octanol–water partition coefficient (Wildman–Crippen LogP) is 3.08. The van der Waals surface area contributed by atoms with Crippen molar-refractivity contribution in [2.45, 2.75) is 26.2 Å². The third-order valence-electron chi connectivity index (χ3n) is 4.94. The van der Waals surface area contributed by atoms with Crippen LogP contribution in [0.2, 0.25) is 0 Å². The number of anilines is 3. The number of nitro groups is 1. The van der Waals surface area contributed by atoms with E-state index in [4.69, 9.17) is 4.74 Å². The van der Waals surface area contributed by atoms with Gasteiger partial charge in [0.2, 0.25) is 11.6 Å². The third-order valence-corrected chi connectivity index (χ3v) is 4.94. The first-order chi connectivity index (χ1) is 13.5. The fraction of sp³-hybridized carbons (Fsp3) is 0.421. The van der Waals surface area contributed by atoms with Crippen molar-refractivity contribution < 1.29 is 14.5 Å². The Morgan fingerprint density at radius 3 is 2.54 bits per heavy atom. The number of rotatable bonds is 6. The zero-order valence-electron chi connectivity index (χ0n) is 15.9. The van der Waals surface area contributed by atoms with E-state index in [1.165, 1.54) is 19.0 Å². The van der Waals surface area contributed by atoms with Crippen molar-refractivity contribution in [2.24, 2.45) is 5.92 Å². The van der Waals surface area contributed by atoms with Crippen LogP contribution in [0.1, 0.15) is 25.3 Å². The SMILES string of the molecule is CCc1ccc(Nc2ncnc(N3CCC(C(=O)OC)CC3)c2[N+](=O)[O-])cc1. The molecule has 0 aliphatic carbocycles. The van der Waals surface area contributed by atoms with Crippen LogP contribution in [-0.2, 0) is 16.0 Å². The van der Waals surface area contributed by atoms with Gasteiger partial charge in [0.15, 0.2) is 0 Å². The van der Waals surface area contributed by atoms with E-state index in [-0.39, 0.29) is 29.2 Å². The Labute approximate surface area is 162 Å². The van der Waals surface area contributed by atoms with Crippen LogP contribution in [0.3, 0.4) is 0 Å². The maximum Gasteiger partial charge on any atom is 0.353 e. The van der Waals surface area contributed by atoms with E-state index >= 15 is 0 Å². The van der Waals surface area contributed by atoms with Crippen LogP contribution in [0.25, 0.3) is 0 Å². The molecular formula is C19H23N5O4. The molecule has 0 bridgehead atoms. The number of nitrogens with one attached hydrogen (secondary N) is 1. The van der Waals surface area contributed by atoms with Crippen molar-refractivity contribution in [3.05, 3.63) is 46.3 Å². The number of piperidine rings is 1. The van der Waals surface area contributed by atoms with Crippen molar-refractivity contribution in [1.82, 2.24) is 9.97 Å². The Morgan fingerprint density at radius 2 is 1.96 bits per heavy atom. The monoisotopic (exact) mass is 385 g/mol. The summed E-state index contributed by atoms with van der Waals surface area (Å²) in [5, 5.41) is 14.8. The summed E-state index contributed by atoms with van der Waals surface area (Å²) in [4.78, 5) is 33.1. The molecule has 9 nitrogen and oxygen atoms in total. The lowest BCUT2D eigenvalue weighted by atomic mass is 9.97. The largest absolute Gasteiger partial charge is 0.469 e. The van der Waals surface area contributed by atoms with E-state index in [9.17, 15) is 14.9 Å². The number of aryl methyl sites for hydroxylation is 1. The van der Waals surface area contributed by atoms with Gasteiger partial charge in [0.25, 0.3) is 0 Å². The molecule has 9 heteroatoms. The van der Waals surface area contributed by atoms with E-state index in [1.54, 1.807) is 0 Å². The van der Waals surface area contributed by atoms with Gasteiger partial charge in [-0.3, -0.25) is 14.9 Å². The normalized spacial score (nSPS) is 14.6. The van der Waals surface area contributed by atoms with Crippen LogP contribution < -0.4 is 10.2 Å². The quantitative estimate of drug-likeness (QED) is 0.459. The van der Waals surface area contributed by atoms with Crippen LogP contribution in [0, 0.1) is 16.0 Å². The molecule has 148 valence electrons. The van der Waals surface area contributed by atoms with E-state index < -0.39 is 4.92 Å². The van der Waals surface area contributed by atoms with Crippen LogP contribution in [0.4, 0.5) is 23.0 Å². The number of hydrogen-bond acceptors (Lipinski definition) is 8. The fourth-order valence-corrected chi connectivity index (χ4v) is 3.31. The van der Waals surface area contributed by atoms with Gasteiger partial charge in [0.1, 0.15) is 6.33 Å². The molecule has 1 aromatic carbocycles. The standard InChI is InChI=1S/C19H23N5O4/c1-3-13-4-6-15(7-5-13)22-17-16(24(26)27)18(21-12-20-17)23-10-8-14(9-11-23)19(25)28-2/h4-7,12,14H,3,8-11H2,1-2H3,(H,20,21,22). The number of esters is 1. The highest BCUT2D eigenvalue weighted by Gasteiger charge is 2.32. The molecule has 2 heterocycles. The maximum atomic E-state index is 11.8. The van der Waals surface area contributed by atoms with Crippen molar-refractivity contribution >= 4 is 29.0 Å². The van der Waals surface area contributed by atoms with E-state index in [2.05, 4.69) is 22.2 Å². The highest BCUT2D eigenvalue weighted by atomic mass is 16.6. The van der Waals surface area contributed by atoms with Gasteiger partial charge >= 0.3 is 11.7 Å². The zero-order valence-corrected chi connectivity index (χ0v) is 15.9. The van der Waals surface area contributed by atoms with Crippen molar-refractivity contribution in [1.29, 1.82) is 0 Å². The molecular weight excluding hydrogens is 362 g/mol. The van der Waals surface area contributed by atoms with Gasteiger partial charge in [-0.05, 0) is 37.0 Å². The smallest absolute Gasteiger partial charge is 0.353 e. The third kappa shape index (κ3) is 4.19. The first-order valence-corrected chi connectivity index (χ1v) is 9.21. The van der Waals surface area contributed by atoms with Gasteiger partial charge in [-0.25, -0.2) is 9.97 Å². The Hall–Kier alpha value is -3.23. The number of methoxy groups -OCH3 is 1. The zero-order chi connectivity index (χ0) is 20.1. The molecule has 1 aliphatic rings. The molecule has 28 heavy (non-hydrogen) atoms. The summed E-state index contributed by atoms with van der Waals surface area (Å²) >= 11 is 0. The van der Waals surface area contributed by atoms with Gasteiger partial charge in [-0.1, -0.05) is 19.1 Å². The van der Waals surface area contributed by atoms with Crippen LogP contribution in [0.5, 0.6) is 0 Å². The first-order valence-electron chi connectivity index (χ1n) is 9.21. The highest BCUT2D eigenvalue weighted by molar-refractivity contribution is 5.75. The second-order valence-corrected chi connectivity index (χ2v) is 6.61. The van der Waals surface area contributed by atoms with Crippen LogP contribution >= 0.6 is 0 Å². The van der Waals surface area contributed by atoms with Gasteiger partial charge < -0.3 is 15.0 Å². The molecule has 1 N–H and O–H groups in total. The second kappa shape index (κ2) is 8.64. The summed E-state index contributed by atoms with van der Waals surface area (Å²) in [6.07, 6.45) is 3.36. The molecule has 1 fully saturated rings. The summed E-state index contributed by atoms with van der Waals surface area (Å²) in [5.41, 5.74) is 1.73. The molecule has 1 saturated heterocycles. The fourth-order valence-electron chi connectivity index (χ4n) is 3.31. The number of carbonyl (C=O) groups excluding carboxylic acids is 1. The minimum atomic E-state index is -0.468. The summed E-state index contributed by atoms with van der Waals surface area (Å²) < 4.78 is 4.79. The highest BCUT2D eigenvalue weighted by Crippen LogP contribution is 2.35. The van der Waals surface area contributed by atoms with E-state index in [1.807, 2.05) is 29.2 Å². The van der Waals surface area contributed by atoms with Crippen LogP contribution in [0.15, 0.2) is 30.6 Å². The Morgan fingerprint density at radius 1 is 1.29 bits per heavy atom.